The lowest BCUT2D eigenvalue weighted by Gasteiger charge is -2.11. The number of hydrogen-bond donors (Lipinski definition) is 1. The van der Waals surface area contributed by atoms with Crippen LogP contribution in [0.4, 0.5) is 11.4 Å². The molecule has 8 nitrogen and oxygen atoms in total. The van der Waals surface area contributed by atoms with Gasteiger partial charge in [-0.25, -0.2) is 4.79 Å². The standard InChI is InChI=1S/C19H20N2O6/c1-4-7-27-16-5-6-17(12(2)8-16)20-18(22)13-9-14(19(23)26-3)11-15(10-13)21(24)25/h5-6,8-11H,4,7H2,1-3H3,(H,20,22). The molecule has 1 amide bonds. The lowest BCUT2D eigenvalue weighted by molar-refractivity contribution is -0.384. The summed E-state index contributed by atoms with van der Waals surface area (Å²) in [4.78, 5) is 34.7. The van der Waals surface area contributed by atoms with Crippen LogP contribution in [0.15, 0.2) is 36.4 Å². The maximum absolute atomic E-state index is 12.5. The molecule has 0 spiro atoms. The van der Waals surface area contributed by atoms with Crippen LogP contribution >= 0.6 is 0 Å². The molecular formula is C19H20N2O6. The molecule has 142 valence electrons. The number of carbonyl (C=O) groups is 2. The zero-order valence-corrected chi connectivity index (χ0v) is 15.3. The molecule has 1 N–H and O–H groups in total. The fourth-order valence-corrected chi connectivity index (χ4v) is 2.36. The zero-order valence-electron chi connectivity index (χ0n) is 15.3. The van der Waals surface area contributed by atoms with Crippen molar-refractivity contribution in [3.05, 3.63) is 63.2 Å². The van der Waals surface area contributed by atoms with E-state index in [2.05, 4.69) is 10.1 Å². The van der Waals surface area contributed by atoms with Crippen LogP contribution in [0.2, 0.25) is 0 Å². The zero-order chi connectivity index (χ0) is 20.0. The number of anilines is 1. The second-order valence-corrected chi connectivity index (χ2v) is 5.80. The van der Waals surface area contributed by atoms with Crippen molar-refractivity contribution in [1.29, 1.82) is 0 Å². The van der Waals surface area contributed by atoms with Crippen LogP contribution in [0.1, 0.15) is 39.6 Å². The molecule has 0 aliphatic heterocycles. The van der Waals surface area contributed by atoms with Crippen molar-refractivity contribution >= 4 is 23.3 Å². The third-order valence-corrected chi connectivity index (χ3v) is 3.73. The van der Waals surface area contributed by atoms with Crippen LogP contribution < -0.4 is 10.1 Å². The summed E-state index contributed by atoms with van der Waals surface area (Å²) in [6.07, 6.45) is 0.882. The number of aryl methyl sites for hydroxylation is 1. The number of nitro groups is 1. The number of methoxy groups -OCH3 is 1. The average Bonchev–Trinajstić information content (AvgIpc) is 2.67. The van der Waals surface area contributed by atoms with E-state index in [1.54, 1.807) is 18.2 Å². The fraction of sp³-hybridized carbons (Fsp3) is 0.263. The topological polar surface area (TPSA) is 108 Å². The van der Waals surface area contributed by atoms with Gasteiger partial charge in [0.15, 0.2) is 0 Å². The Hall–Kier alpha value is -3.42. The molecule has 0 unspecified atom stereocenters. The van der Waals surface area contributed by atoms with E-state index in [1.165, 1.54) is 6.07 Å². The summed E-state index contributed by atoms with van der Waals surface area (Å²) < 4.78 is 10.1. The second-order valence-electron chi connectivity index (χ2n) is 5.80. The molecule has 0 fully saturated rings. The van der Waals surface area contributed by atoms with Crippen molar-refractivity contribution in [2.75, 3.05) is 19.0 Å². The summed E-state index contributed by atoms with van der Waals surface area (Å²) in [6.45, 7) is 4.40. The Balaban J connectivity index is 2.28. The van der Waals surface area contributed by atoms with E-state index < -0.39 is 16.8 Å². The summed E-state index contributed by atoms with van der Waals surface area (Å²) in [6, 6.07) is 8.63. The van der Waals surface area contributed by atoms with E-state index in [9.17, 15) is 19.7 Å². The maximum Gasteiger partial charge on any atom is 0.338 e. The van der Waals surface area contributed by atoms with Crippen LogP contribution in [-0.2, 0) is 4.74 Å². The smallest absolute Gasteiger partial charge is 0.338 e. The summed E-state index contributed by atoms with van der Waals surface area (Å²) >= 11 is 0. The van der Waals surface area contributed by atoms with Crippen LogP contribution in [0, 0.1) is 17.0 Å². The van der Waals surface area contributed by atoms with Gasteiger partial charge >= 0.3 is 5.97 Å². The molecule has 0 aliphatic carbocycles. The van der Waals surface area contributed by atoms with Crippen LogP contribution in [0.25, 0.3) is 0 Å². The van der Waals surface area contributed by atoms with Gasteiger partial charge in [-0.3, -0.25) is 14.9 Å². The van der Waals surface area contributed by atoms with Crippen molar-refractivity contribution in [3.63, 3.8) is 0 Å². The lowest BCUT2D eigenvalue weighted by atomic mass is 10.1. The number of carbonyl (C=O) groups excluding carboxylic acids is 2. The largest absolute Gasteiger partial charge is 0.494 e. The van der Waals surface area contributed by atoms with Gasteiger partial charge in [0.2, 0.25) is 0 Å². The summed E-state index contributed by atoms with van der Waals surface area (Å²) in [5.41, 5.74) is 0.848. The summed E-state index contributed by atoms with van der Waals surface area (Å²) in [7, 11) is 1.16. The van der Waals surface area contributed by atoms with Gasteiger partial charge in [0.25, 0.3) is 11.6 Å². The number of esters is 1. The molecule has 8 heteroatoms. The Kier molecular flexibility index (Phi) is 6.48. The van der Waals surface area contributed by atoms with Gasteiger partial charge in [0.1, 0.15) is 5.75 Å². The molecule has 0 bridgehead atoms. The number of nitrogens with one attached hydrogen (secondary N) is 1. The Morgan fingerprint density at radius 1 is 1.15 bits per heavy atom. The van der Waals surface area contributed by atoms with Crippen LogP contribution in [-0.4, -0.2) is 30.5 Å². The number of ether oxygens (including phenoxy) is 2. The number of nitro benzene ring substituents is 1. The van der Waals surface area contributed by atoms with Crippen molar-refractivity contribution in [3.8, 4) is 5.75 Å². The van der Waals surface area contributed by atoms with Gasteiger partial charge < -0.3 is 14.8 Å². The van der Waals surface area contributed by atoms with Crippen molar-refractivity contribution in [2.45, 2.75) is 20.3 Å². The van der Waals surface area contributed by atoms with Crippen molar-refractivity contribution in [2.24, 2.45) is 0 Å². The SMILES string of the molecule is CCCOc1ccc(NC(=O)c2cc(C(=O)OC)cc([N+](=O)[O-])c2)c(C)c1. The monoisotopic (exact) mass is 372 g/mol. The molecular weight excluding hydrogens is 352 g/mol. The number of nitrogens with zero attached hydrogens (tertiary/aromatic N) is 1. The molecule has 0 atom stereocenters. The van der Waals surface area contributed by atoms with Gasteiger partial charge in [0.05, 0.1) is 24.2 Å². The minimum Gasteiger partial charge on any atom is -0.494 e. The molecule has 0 radical (unpaired) electrons. The third-order valence-electron chi connectivity index (χ3n) is 3.73. The normalized spacial score (nSPS) is 10.2. The molecule has 0 aliphatic rings. The van der Waals surface area contributed by atoms with E-state index in [0.717, 1.165) is 31.2 Å². The van der Waals surface area contributed by atoms with E-state index in [-0.39, 0.29) is 16.8 Å². The van der Waals surface area contributed by atoms with E-state index >= 15 is 0 Å². The van der Waals surface area contributed by atoms with Crippen molar-refractivity contribution < 1.29 is 24.0 Å². The first-order chi connectivity index (χ1) is 12.8. The molecule has 2 rings (SSSR count). The first-order valence-corrected chi connectivity index (χ1v) is 8.28. The summed E-state index contributed by atoms with van der Waals surface area (Å²) in [5, 5.41) is 13.8. The van der Waals surface area contributed by atoms with Gasteiger partial charge in [0, 0.05) is 23.4 Å². The molecule has 2 aromatic carbocycles. The highest BCUT2D eigenvalue weighted by molar-refractivity contribution is 6.06. The fourth-order valence-electron chi connectivity index (χ4n) is 2.36. The average molecular weight is 372 g/mol. The molecule has 0 heterocycles. The second kappa shape index (κ2) is 8.79. The lowest BCUT2D eigenvalue weighted by Crippen LogP contribution is -2.14. The quantitative estimate of drug-likeness (QED) is 0.451. The Bertz CT molecular complexity index is 878. The number of amides is 1. The number of hydrogen-bond acceptors (Lipinski definition) is 6. The highest BCUT2D eigenvalue weighted by atomic mass is 16.6. The van der Waals surface area contributed by atoms with E-state index in [1.807, 2.05) is 13.8 Å². The van der Waals surface area contributed by atoms with Gasteiger partial charge in [-0.1, -0.05) is 6.92 Å². The molecule has 0 aromatic heterocycles. The third kappa shape index (κ3) is 5.04. The summed E-state index contributed by atoms with van der Waals surface area (Å²) in [5.74, 6) is -0.647. The van der Waals surface area contributed by atoms with Crippen LogP contribution in [0.5, 0.6) is 5.75 Å². The first kappa shape index (κ1) is 19.9. The van der Waals surface area contributed by atoms with Crippen molar-refractivity contribution in [1.82, 2.24) is 0 Å². The minimum absolute atomic E-state index is 0.0182. The van der Waals surface area contributed by atoms with Gasteiger partial charge in [-0.15, -0.1) is 0 Å². The number of non-ortho nitro benzene ring substituents is 1. The Labute approximate surface area is 156 Å². The number of rotatable bonds is 7. The highest BCUT2D eigenvalue weighted by Crippen LogP contribution is 2.23. The molecule has 0 saturated heterocycles. The van der Waals surface area contributed by atoms with Gasteiger partial charge in [-0.2, -0.15) is 0 Å². The maximum atomic E-state index is 12.5. The van der Waals surface area contributed by atoms with Crippen LogP contribution in [0.3, 0.4) is 0 Å². The Morgan fingerprint density at radius 3 is 2.44 bits per heavy atom. The minimum atomic E-state index is -0.763. The Morgan fingerprint density at radius 2 is 1.85 bits per heavy atom. The molecule has 0 saturated carbocycles. The molecule has 2 aromatic rings. The first-order valence-electron chi connectivity index (χ1n) is 8.28. The van der Waals surface area contributed by atoms with E-state index in [4.69, 9.17) is 4.74 Å². The highest BCUT2D eigenvalue weighted by Gasteiger charge is 2.19. The number of benzene rings is 2. The van der Waals surface area contributed by atoms with E-state index in [0.29, 0.717) is 18.0 Å². The predicted octanol–water partition coefficient (Wildman–Crippen LogP) is 3.73. The predicted molar refractivity (Wildman–Crippen MR) is 99.4 cm³/mol. The molecule has 27 heavy (non-hydrogen) atoms. The van der Waals surface area contributed by atoms with Gasteiger partial charge in [-0.05, 0) is 43.2 Å².